The van der Waals surface area contributed by atoms with Crippen LogP contribution in [0.25, 0.3) is 16.7 Å². The van der Waals surface area contributed by atoms with Crippen molar-refractivity contribution in [2.75, 3.05) is 18.9 Å². The van der Waals surface area contributed by atoms with Crippen LogP contribution in [0, 0.1) is 10.8 Å². The van der Waals surface area contributed by atoms with Crippen LogP contribution in [0.3, 0.4) is 0 Å². The molecular weight excluding hydrogens is 473 g/mol. The third-order valence-electron chi connectivity index (χ3n) is 6.66. The Morgan fingerprint density at radius 2 is 1.97 bits per heavy atom. The van der Waals surface area contributed by atoms with Crippen LogP contribution < -0.4 is 16.5 Å². The maximum Gasteiger partial charge on any atom is 0.333 e. The number of allylic oxidation sites excluding steroid dienone is 3. The highest BCUT2D eigenvalue weighted by atomic mass is 35.5. The third-order valence-corrected chi connectivity index (χ3v) is 7.27. The van der Waals surface area contributed by atoms with E-state index in [-0.39, 0.29) is 26.9 Å². The number of hydrogen-bond acceptors (Lipinski definition) is 6. The molecule has 1 saturated carbocycles. The topological polar surface area (TPSA) is 103 Å². The molecule has 1 aliphatic heterocycles. The molecule has 2 aliphatic carbocycles. The zero-order valence-corrected chi connectivity index (χ0v) is 19.8. The Morgan fingerprint density at radius 3 is 2.71 bits per heavy atom. The molecule has 1 aromatic carbocycles. The Morgan fingerprint density at radius 1 is 1.21 bits per heavy atom. The molecule has 3 heterocycles. The van der Waals surface area contributed by atoms with Crippen molar-refractivity contribution in [3.8, 4) is 5.69 Å². The van der Waals surface area contributed by atoms with Gasteiger partial charge in [0, 0.05) is 43.5 Å². The average molecular weight is 494 g/mol. The summed E-state index contributed by atoms with van der Waals surface area (Å²) in [5.41, 5.74) is 3.90. The lowest BCUT2D eigenvalue weighted by Crippen LogP contribution is -2.34. The molecule has 3 aromatic rings. The zero-order chi connectivity index (χ0) is 23.6. The molecule has 1 spiro atoms. The molecule has 172 valence electrons. The molecule has 0 bridgehead atoms. The number of hydrogen-bond donors (Lipinski definition) is 3. The van der Waals surface area contributed by atoms with Crippen LogP contribution in [-0.4, -0.2) is 38.0 Å². The van der Waals surface area contributed by atoms with Gasteiger partial charge in [-0.3, -0.25) is 10.4 Å². The van der Waals surface area contributed by atoms with Gasteiger partial charge in [-0.1, -0.05) is 35.3 Å². The van der Waals surface area contributed by atoms with E-state index < -0.39 is 5.69 Å². The monoisotopic (exact) mass is 493 g/mol. The summed E-state index contributed by atoms with van der Waals surface area (Å²) >= 11 is 12.5. The van der Waals surface area contributed by atoms with E-state index in [0.29, 0.717) is 16.7 Å². The van der Waals surface area contributed by atoms with E-state index in [1.165, 1.54) is 30.2 Å². The van der Waals surface area contributed by atoms with Crippen LogP contribution in [0.1, 0.15) is 19.3 Å². The van der Waals surface area contributed by atoms with Crippen LogP contribution >= 0.6 is 23.2 Å². The number of aromatic nitrogens is 4. The lowest BCUT2D eigenvalue weighted by molar-refractivity contribution is 0.350. The lowest BCUT2D eigenvalue weighted by atomic mass is 9.82. The number of fused-ring (bicyclic) bond motifs is 3. The second-order valence-corrected chi connectivity index (χ2v) is 9.88. The van der Waals surface area contributed by atoms with Crippen molar-refractivity contribution in [1.82, 2.24) is 24.4 Å². The smallest absolute Gasteiger partial charge is 0.333 e. The van der Waals surface area contributed by atoms with Gasteiger partial charge in [-0.15, -0.1) is 0 Å². The molecule has 1 fully saturated rings. The third kappa shape index (κ3) is 3.36. The van der Waals surface area contributed by atoms with Gasteiger partial charge in [0.05, 0.1) is 21.1 Å². The van der Waals surface area contributed by atoms with Crippen molar-refractivity contribution in [3.05, 3.63) is 85.6 Å². The first kappa shape index (κ1) is 21.2. The highest BCUT2D eigenvalue weighted by molar-refractivity contribution is 6.37. The lowest BCUT2D eigenvalue weighted by Gasteiger charge is -2.35. The highest BCUT2D eigenvalue weighted by Crippen LogP contribution is 2.57. The second-order valence-electron chi connectivity index (χ2n) is 9.06. The largest absolute Gasteiger partial charge is 0.379 e. The van der Waals surface area contributed by atoms with E-state index in [1.807, 2.05) is 0 Å². The Labute approximate surface area is 204 Å². The van der Waals surface area contributed by atoms with Gasteiger partial charge < -0.3 is 10.2 Å². The number of halogens is 2. The van der Waals surface area contributed by atoms with E-state index in [1.54, 1.807) is 18.2 Å². The molecule has 3 N–H and O–H groups in total. The molecule has 0 radical (unpaired) electrons. The van der Waals surface area contributed by atoms with Crippen molar-refractivity contribution < 1.29 is 0 Å². The SMILES string of the molecule is CN1C=C2CC(Nc3ncc4c(=N)n(-c5c(Cl)cccc5Cl)c(=O)[nH]c4n3)=CC=C2C2(CC2)C1. The number of nitrogens with one attached hydrogen (secondary N) is 3. The molecule has 6 rings (SSSR count). The normalized spacial score (nSPS) is 18.3. The fourth-order valence-corrected chi connectivity index (χ4v) is 5.54. The van der Waals surface area contributed by atoms with Gasteiger partial charge in [0.2, 0.25) is 5.95 Å². The Balaban J connectivity index is 1.36. The van der Waals surface area contributed by atoms with Crippen molar-refractivity contribution in [1.29, 1.82) is 5.41 Å². The van der Waals surface area contributed by atoms with Gasteiger partial charge >= 0.3 is 5.69 Å². The summed E-state index contributed by atoms with van der Waals surface area (Å²) in [4.78, 5) is 26.7. The Bertz CT molecular complexity index is 1560. The summed E-state index contributed by atoms with van der Waals surface area (Å²) in [5.74, 6) is 0.352. The van der Waals surface area contributed by atoms with Crippen LogP contribution in [0.4, 0.5) is 5.95 Å². The molecule has 3 aliphatic rings. The number of anilines is 1. The molecule has 0 atom stereocenters. The maximum absolute atomic E-state index is 12.9. The van der Waals surface area contributed by atoms with Gasteiger partial charge in [-0.25, -0.2) is 14.3 Å². The Hall–Kier alpha value is -3.36. The number of aromatic amines is 1. The predicted molar refractivity (Wildman–Crippen MR) is 132 cm³/mol. The highest BCUT2D eigenvalue weighted by Gasteiger charge is 2.49. The number of nitrogens with zero attached hydrogens (tertiary/aromatic N) is 4. The van der Waals surface area contributed by atoms with E-state index >= 15 is 0 Å². The molecule has 8 nitrogen and oxygen atoms in total. The molecular formula is C24H21Cl2N7O. The molecule has 2 aromatic heterocycles. The summed E-state index contributed by atoms with van der Waals surface area (Å²) in [6.07, 6.45) is 11.3. The van der Waals surface area contributed by atoms with Crippen LogP contribution in [0.5, 0.6) is 0 Å². The number of rotatable bonds is 3. The quantitative estimate of drug-likeness (QED) is 0.508. The minimum absolute atomic E-state index is 0.102. The first-order valence-electron chi connectivity index (χ1n) is 11.0. The van der Waals surface area contributed by atoms with Crippen molar-refractivity contribution >= 4 is 40.2 Å². The van der Waals surface area contributed by atoms with Crippen molar-refractivity contribution in [2.24, 2.45) is 5.41 Å². The minimum atomic E-state index is -0.563. The Kier molecular flexibility index (Phi) is 4.72. The van der Waals surface area contributed by atoms with Crippen molar-refractivity contribution in [2.45, 2.75) is 19.3 Å². The average Bonchev–Trinajstić information content (AvgIpc) is 3.54. The van der Waals surface area contributed by atoms with Gasteiger partial charge in [0.25, 0.3) is 0 Å². The zero-order valence-electron chi connectivity index (χ0n) is 18.3. The van der Waals surface area contributed by atoms with Gasteiger partial charge in [0.15, 0.2) is 5.65 Å². The summed E-state index contributed by atoms with van der Waals surface area (Å²) in [6.45, 7) is 1.08. The van der Waals surface area contributed by atoms with Gasteiger partial charge in [-0.2, -0.15) is 4.98 Å². The fraction of sp³-hybridized carbons (Fsp3) is 0.250. The van der Waals surface area contributed by atoms with Gasteiger partial charge in [-0.05, 0) is 42.2 Å². The van der Waals surface area contributed by atoms with E-state index in [2.05, 4.69) is 50.6 Å². The van der Waals surface area contributed by atoms with Crippen LogP contribution in [-0.2, 0) is 0 Å². The minimum Gasteiger partial charge on any atom is -0.379 e. The summed E-state index contributed by atoms with van der Waals surface area (Å²) in [7, 11) is 2.12. The van der Waals surface area contributed by atoms with E-state index in [4.69, 9.17) is 28.6 Å². The van der Waals surface area contributed by atoms with E-state index in [9.17, 15) is 4.79 Å². The van der Waals surface area contributed by atoms with E-state index in [0.717, 1.165) is 23.2 Å². The van der Waals surface area contributed by atoms with Gasteiger partial charge in [0.1, 0.15) is 5.49 Å². The fourth-order valence-electron chi connectivity index (χ4n) is 4.97. The molecule has 0 amide bonds. The standard InChI is InChI=1S/C24H21Cl2N7O/c1-32-11-13-9-14(5-6-16(13)24(12-32)7-8-24)29-22-28-10-15-20(27)33(23(34)31-21(15)30-22)19-17(25)3-2-4-18(19)26/h2-6,10-11,27H,7-9,12H2,1H3,(H2,28,29,30,31,34). The van der Waals surface area contributed by atoms with Crippen LogP contribution in [0.15, 0.2) is 64.4 Å². The first-order chi connectivity index (χ1) is 16.3. The first-order valence-corrected chi connectivity index (χ1v) is 11.7. The molecule has 0 unspecified atom stereocenters. The molecule has 10 heteroatoms. The number of H-pyrrole nitrogens is 1. The van der Waals surface area contributed by atoms with Crippen molar-refractivity contribution in [3.63, 3.8) is 0 Å². The summed E-state index contributed by atoms with van der Waals surface area (Å²) in [6, 6.07) is 4.91. The predicted octanol–water partition coefficient (Wildman–Crippen LogP) is 4.13. The number of para-hydroxylation sites is 1. The second kappa shape index (κ2) is 7.58. The molecule has 0 saturated heterocycles. The molecule has 34 heavy (non-hydrogen) atoms. The maximum atomic E-state index is 12.9. The summed E-state index contributed by atoms with van der Waals surface area (Å²) in [5, 5.41) is 12.8. The number of benzene rings is 1. The summed E-state index contributed by atoms with van der Waals surface area (Å²) < 4.78 is 1.12. The van der Waals surface area contributed by atoms with Crippen LogP contribution in [0.2, 0.25) is 10.0 Å².